The summed E-state index contributed by atoms with van der Waals surface area (Å²) in [6.45, 7) is 4.63. The standard InChI is InChI=1S/C15H23NO3/c1-15(7-4-8-19-11-15)16-10-12-5-6-13(17-2)9-14(12)18-3/h5-6,9,16H,4,7-8,10-11H2,1-3H3. The Kier molecular flexibility index (Phi) is 4.66. The highest BCUT2D eigenvalue weighted by atomic mass is 16.5. The minimum absolute atomic E-state index is 0.0587. The van der Waals surface area contributed by atoms with Crippen LogP contribution in [-0.2, 0) is 11.3 Å². The van der Waals surface area contributed by atoms with Crippen molar-refractivity contribution in [3.8, 4) is 11.5 Å². The molecule has 0 aliphatic carbocycles. The molecule has 1 aromatic carbocycles. The average molecular weight is 265 g/mol. The van der Waals surface area contributed by atoms with Crippen molar-refractivity contribution in [3.05, 3.63) is 23.8 Å². The van der Waals surface area contributed by atoms with Gasteiger partial charge < -0.3 is 19.5 Å². The zero-order valence-corrected chi connectivity index (χ0v) is 12.0. The molecule has 2 rings (SSSR count). The summed E-state index contributed by atoms with van der Waals surface area (Å²) in [6, 6.07) is 5.91. The van der Waals surface area contributed by atoms with Crippen LogP contribution in [0.3, 0.4) is 0 Å². The second-order valence-electron chi connectivity index (χ2n) is 5.25. The second kappa shape index (κ2) is 6.26. The van der Waals surface area contributed by atoms with E-state index in [1.807, 2.05) is 18.2 Å². The Labute approximate surface area is 115 Å². The van der Waals surface area contributed by atoms with E-state index in [1.54, 1.807) is 14.2 Å². The highest BCUT2D eigenvalue weighted by molar-refractivity contribution is 5.40. The molecule has 0 bridgehead atoms. The van der Waals surface area contributed by atoms with Gasteiger partial charge in [-0.3, -0.25) is 0 Å². The molecule has 1 atom stereocenters. The van der Waals surface area contributed by atoms with Crippen molar-refractivity contribution in [1.82, 2.24) is 5.32 Å². The molecule has 19 heavy (non-hydrogen) atoms. The topological polar surface area (TPSA) is 39.7 Å². The normalized spacial score (nSPS) is 23.1. The number of nitrogens with one attached hydrogen (secondary N) is 1. The molecule has 1 aliphatic heterocycles. The van der Waals surface area contributed by atoms with Crippen molar-refractivity contribution in [1.29, 1.82) is 0 Å². The second-order valence-corrected chi connectivity index (χ2v) is 5.25. The summed E-state index contributed by atoms with van der Waals surface area (Å²) in [6.07, 6.45) is 2.26. The molecule has 4 heteroatoms. The van der Waals surface area contributed by atoms with Crippen LogP contribution >= 0.6 is 0 Å². The van der Waals surface area contributed by atoms with E-state index in [0.717, 1.165) is 49.7 Å². The van der Waals surface area contributed by atoms with E-state index in [4.69, 9.17) is 14.2 Å². The highest BCUT2D eigenvalue weighted by Crippen LogP contribution is 2.26. The van der Waals surface area contributed by atoms with E-state index in [0.29, 0.717) is 0 Å². The summed E-state index contributed by atoms with van der Waals surface area (Å²) in [7, 11) is 3.34. The van der Waals surface area contributed by atoms with Crippen LogP contribution < -0.4 is 14.8 Å². The van der Waals surface area contributed by atoms with Gasteiger partial charge in [0.15, 0.2) is 0 Å². The van der Waals surface area contributed by atoms with Crippen molar-refractivity contribution in [2.24, 2.45) is 0 Å². The van der Waals surface area contributed by atoms with E-state index < -0.39 is 0 Å². The maximum absolute atomic E-state index is 5.55. The van der Waals surface area contributed by atoms with Crippen LogP contribution in [0.2, 0.25) is 0 Å². The largest absolute Gasteiger partial charge is 0.497 e. The van der Waals surface area contributed by atoms with Crippen LogP contribution in [0.5, 0.6) is 11.5 Å². The monoisotopic (exact) mass is 265 g/mol. The SMILES string of the molecule is COc1ccc(CNC2(C)CCCOC2)c(OC)c1. The summed E-state index contributed by atoms with van der Waals surface area (Å²) in [5, 5.41) is 3.58. The van der Waals surface area contributed by atoms with Crippen molar-refractivity contribution < 1.29 is 14.2 Å². The summed E-state index contributed by atoms with van der Waals surface area (Å²) >= 11 is 0. The lowest BCUT2D eigenvalue weighted by molar-refractivity contribution is 0.0277. The molecule has 1 aliphatic rings. The minimum atomic E-state index is 0.0587. The van der Waals surface area contributed by atoms with Crippen LogP contribution in [0.25, 0.3) is 0 Å². The van der Waals surface area contributed by atoms with E-state index in [9.17, 15) is 0 Å². The molecule has 1 N–H and O–H groups in total. The van der Waals surface area contributed by atoms with Gasteiger partial charge in [0.2, 0.25) is 0 Å². The van der Waals surface area contributed by atoms with Gasteiger partial charge in [-0.05, 0) is 25.8 Å². The molecule has 0 spiro atoms. The molecule has 0 amide bonds. The molecule has 106 valence electrons. The first-order valence-electron chi connectivity index (χ1n) is 6.70. The molecule has 1 fully saturated rings. The Balaban J connectivity index is 2.02. The quantitative estimate of drug-likeness (QED) is 0.887. The molecule has 0 aromatic heterocycles. The minimum Gasteiger partial charge on any atom is -0.497 e. The van der Waals surface area contributed by atoms with Gasteiger partial charge in [-0.25, -0.2) is 0 Å². The zero-order chi connectivity index (χ0) is 13.7. The molecule has 1 heterocycles. The number of methoxy groups -OCH3 is 2. The predicted molar refractivity (Wildman–Crippen MR) is 74.8 cm³/mol. The van der Waals surface area contributed by atoms with E-state index >= 15 is 0 Å². The van der Waals surface area contributed by atoms with Gasteiger partial charge in [0.1, 0.15) is 11.5 Å². The fourth-order valence-electron chi connectivity index (χ4n) is 2.38. The van der Waals surface area contributed by atoms with Gasteiger partial charge >= 0.3 is 0 Å². The van der Waals surface area contributed by atoms with Crippen LogP contribution in [0.1, 0.15) is 25.3 Å². The van der Waals surface area contributed by atoms with E-state index in [-0.39, 0.29) is 5.54 Å². The summed E-state index contributed by atoms with van der Waals surface area (Å²) in [4.78, 5) is 0. The van der Waals surface area contributed by atoms with Crippen molar-refractivity contribution >= 4 is 0 Å². The van der Waals surface area contributed by atoms with Crippen LogP contribution in [0.4, 0.5) is 0 Å². The molecule has 1 aromatic rings. The number of hydrogen-bond acceptors (Lipinski definition) is 4. The number of hydrogen-bond donors (Lipinski definition) is 1. The smallest absolute Gasteiger partial charge is 0.127 e. The lowest BCUT2D eigenvalue weighted by Gasteiger charge is -2.34. The lowest BCUT2D eigenvalue weighted by Crippen LogP contribution is -2.48. The van der Waals surface area contributed by atoms with E-state index in [1.165, 1.54) is 0 Å². The average Bonchev–Trinajstić information content (AvgIpc) is 2.45. The van der Waals surface area contributed by atoms with Gasteiger partial charge in [0.25, 0.3) is 0 Å². The van der Waals surface area contributed by atoms with Crippen molar-refractivity contribution in [3.63, 3.8) is 0 Å². The predicted octanol–water partition coefficient (Wildman–Crippen LogP) is 2.36. The fourth-order valence-corrected chi connectivity index (χ4v) is 2.38. The Morgan fingerprint density at radius 1 is 1.32 bits per heavy atom. The van der Waals surface area contributed by atoms with Crippen LogP contribution in [0, 0.1) is 0 Å². The molecular formula is C15H23NO3. The molecule has 1 unspecified atom stereocenters. The third kappa shape index (κ3) is 3.61. The van der Waals surface area contributed by atoms with Gasteiger partial charge in [-0.15, -0.1) is 0 Å². The molecular weight excluding hydrogens is 242 g/mol. The molecule has 1 saturated heterocycles. The number of rotatable bonds is 5. The zero-order valence-electron chi connectivity index (χ0n) is 12.0. The Morgan fingerprint density at radius 2 is 2.16 bits per heavy atom. The van der Waals surface area contributed by atoms with Crippen molar-refractivity contribution in [2.45, 2.75) is 31.8 Å². The summed E-state index contributed by atoms with van der Waals surface area (Å²) < 4.78 is 16.2. The first kappa shape index (κ1) is 14.2. The lowest BCUT2D eigenvalue weighted by atomic mass is 9.94. The number of benzene rings is 1. The van der Waals surface area contributed by atoms with Gasteiger partial charge in [0.05, 0.1) is 20.8 Å². The Morgan fingerprint density at radius 3 is 2.79 bits per heavy atom. The van der Waals surface area contributed by atoms with E-state index in [2.05, 4.69) is 12.2 Å². The van der Waals surface area contributed by atoms with Gasteiger partial charge in [-0.2, -0.15) is 0 Å². The first-order valence-corrected chi connectivity index (χ1v) is 6.70. The maximum atomic E-state index is 5.55. The summed E-state index contributed by atoms with van der Waals surface area (Å²) in [5.74, 6) is 1.67. The first-order chi connectivity index (χ1) is 9.17. The number of ether oxygens (including phenoxy) is 3. The molecule has 0 saturated carbocycles. The van der Waals surface area contributed by atoms with Crippen LogP contribution in [0.15, 0.2) is 18.2 Å². The molecule has 0 radical (unpaired) electrons. The molecule has 4 nitrogen and oxygen atoms in total. The third-order valence-electron chi connectivity index (χ3n) is 3.64. The van der Waals surface area contributed by atoms with Crippen LogP contribution in [-0.4, -0.2) is 33.0 Å². The summed E-state index contributed by atoms with van der Waals surface area (Å²) in [5.41, 5.74) is 1.19. The van der Waals surface area contributed by atoms with Crippen molar-refractivity contribution in [2.75, 3.05) is 27.4 Å². The maximum Gasteiger partial charge on any atom is 0.127 e. The Hall–Kier alpha value is -1.26. The van der Waals surface area contributed by atoms with Gasteiger partial charge in [0, 0.05) is 30.3 Å². The highest BCUT2D eigenvalue weighted by Gasteiger charge is 2.27. The Bertz CT molecular complexity index is 414. The third-order valence-corrected chi connectivity index (χ3v) is 3.64. The fraction of sp³-hybridized carbons (Fsp3) is 0.600. The van der Waals surface area contributed by atoms with Gasteiger partial charge in [-0.1, -0.05) is 6.07 Å².